The zero-order chi connectivity index (χ0) is 18.2. The molecule has 0 fully saturated rings. The monoisotopic (exact) mass is 395 g/mol. The number of nitrogens with zero attached hydrogens (tertiary/aromatic N) is 1. The molecule has 1 amide bonds. The molecule has 0 heterocycles. The number of anilines is 1. The number of benzene rings is 1. The fourth-order valence-corrected chi connectivity index (χ4v) is 2.55. The Morgan fingerprint density at radius 1 is 1.25 bits per heavy atom. The highest BCUT2D eigenvalue weighted by Gasteiger charge is 2.15. The molecule has 5 nitrogen and oxygen atoms in total. The highest BCUT2D eigenvalue weighted by atomic mass is 79.9. The van der Waals surface area contributed by atoms with E-state index < -0.39 is 5.60 Å². The van der Waals surface area contributed by atoms with Gasteiger partial charge in [-0.1, -0.05) is 0 Å². The largest absolute Gasteiger partial charge is 0.444 e. The second-order valence-electron chi connectivity index (χ2n) is 6.65. The fourth-order valence-electron chi connectivity index (χ4n) is 2.08. The number of rotatable bonds is 7. The molecule has 1 rings (SSSR count). The minimum atomic E-state index is -0.456. The van der Waals surface area contributed by atoms with E-state index in [1.165, 1.54) is 0 Å². The van der Waals surface area contributed by atoms with Gasteiger partial charge in [0.05, 0.1) is 6.57 Å². The van der Waals surface area contributed by atoms with Crippen molar-refractivity contribution in [3.05, 3.63) is 33.6 Å². The number of hydrogen-bond acceptors (Lipinski definition) is 3. The summed E-state index contributed by atoms with van der Waals surface area (Å²) < 4.78 is 6.09. The van der Waals surface area contributed by atoms with Crippen LogP contribution in [0.4, 0.5) is 16.2 Å². The molecule has 0 aliphatic carbocycles. The molecule has 0 aliphatic rings. The maximum atomic E-state index is 11.5. The average molecular weight is 396 g/mol. The van der Waals surface area contributed by atoms with E-state index >= 15 is 0 Å². The molecule has 0 bridgehead atoms. The minimum Gasteiger partial charge on any atom is -0.444 e. The van der Waals surface area contributed by atoms with E-state index in [4.69, 9.17) is 11.3 Å². The lowest BCUT2D eigenvalue weighted by Gasteiger charge is -2.19. The van der Waals surface area contributed by atoms with E-state index in [1.807, 2.05) is 39.8 Å². The van der Waals surface area contributed by atoms with Crippen molar-refractivity contribution < 1.29 is 9.53 Å². The third-order valence-corrected chi connectivity index (χ3v) is 3.90. The normalized spacial score (nSPS) is 10.8. The third-order valence-electron chi connectivity index (χ3n) is 3.24. The van der Waals surface area contributed by atoms with Crippen LogP contribution in [-0.4, -0.2) is 24.8 Å². The van der Waals surface area contributed by atoms with Crippen LogP contribution in [0.1, 0.15) is 45.6 Å². The summed E-state index contributed by atoms with van der Waals surface area (Å²) in [6, 6.07) is 3.83. The lowest BCUT2D eigenvalue weighted by Crippen LogP contribution is -2.33. The van der Waals surface area contributed by atoms with E-state index in [-0.39, 0.29) is 6.09 Å². The quantitative estimate of drug-likeness (QED) is 0.478. The van der Waals surface area contributed by atoms with Crippen LogP contribution in [0.15, 0.2) is 16.6 Å². The Labute approximate surface area is 153 Å². The number of ether oxygens (including phenoxy) is 1. The Morgan fingerprint density at radius 2 is 1.92 bits per heavy atom. The number of unbranched alkanes of at least 4 members (excludes halogenated alkanes) is 2. The van der Waals surface area contributed by atoms with E-state index in [0.717, 1.165) is 41.5 Å². The number of aryl methyl sites for hydroxylation is 1. The zero-order valence-electron chi connectivity index (χ0n) is 14.8. The molecule has 1 aromatic rings. The summed E-state index contributed by atoms with van der Waals surface area (Å²) in [4.78, 5) is 15.0. The molecule has 1 aromatic carbocycles. The first-order valence-electron chi connectivity index (χ1n) is 8.11. The molecular formula is C18H26BrN3O2. The SMILES string of the molecule is [C-]#[N+]c1cc(Br)c(NCCCCCNC(=O)OC(C)(C)C)cc1C. The smallest absolute Gasteiger partial charge is 0.407 e. The molecule has 0 saturated heterocycles. The number of carbonyl (C=O) groups excluding carboxylic acids is 1. The first kappa shape index (κ1) is 20.3. The van der Waals surface area contributed by atoms with Crippen LogP contribution < -0.4 is 10.6 Å². The number of carbonyl (C=O) groups is 1. The van der Waals surface area contributed by atoms with Crippen LogP contribution in [0.5, 0.6) is 0 Å². The van der Waals surface area contributed by atoms with Crippen molar-refractivity contribution in [1.29, 1.82) is 0 Å². The maximum absolute atomic E-state index is 11.5. The van der Waals surface area contributed by atoms with E-state index in [0.29, 0.717) is 12.2 Å². The molecule has 0 aliphatic heterocycles. The van der Waals surface area contributed by atoms with Gasteiger partial charge >= 0.3 is 6.09 Å². The molecule has 0 radical (unpaired) electrons. The van der Waals surface area contributed by atoms with Gasteiger partial charge in [-0.15, -0.1) is 0 Å². The summed E-state index contributed by atoms with van der Waals surface area (Å²) in [5.74, 6) is 0. The summed E-state index contributed by atoms with van der Waals surface area (Å²) in [6.45, 7) is 16.1. The molecule has 0 unspecified atom stereocenters. The van der Waals surface area contributed by atoms with Gasteiger partial charge in [0.1, 0.15) is 5.60 Å². The van der Waals surface area contributed by atoms with Gasteiger partial charge in [0.15, 0.2) is 5.69 Å². The number of amides is 1. The lowest BCUT2D eigenvalue weighted by atomic mass is 10.1. The van der Waals surface area contributed by atoms with Gasteiger partial charge in [-0.05, 0) is 80.6 Å². The van der Waals surface area contributed by atoms with Gasteiger partial charge < -0.3 is 15.4 Å². The number of nitrogens with one attached hydrogen (secondary N) is 2. The van der Waals surface area contributed by atoms with Crippen molar-refractivity contribution in [2.75, 3.05) is 18.4 Å². The molecule has 6 heteroatoms. The Bertz CT molecular complexity index is 604. The molecular weight excluding hydrogens is 370 g/mol. The number of hydrogen-bond donors (Lipinski definition) is 2. The van der Waals surface area contributed by atoms with Gasteiger partial charge in [-0.2, -0.15) is 0 Å². The first-order valence-corrected chi connectivity index (χ1v) is 8.90. The second-order valence-corrected chi connectivity index (χ2v) is 7.50. The van der Waals surface area contributed by atoms with Gasteiger partial charge in [-0.25, -0.2) is 9.64 Å². The Kier molecular flexibility index (Phi) is 8.06. The van der Waals surface area contributed by atoms with Crippen LogP contribution in [0.2, 0.25) is 0 Å². The van der Waals surface area contributed by atoms with Gasteiger partial charge in [0.2, 0.25) is 0 Å². The molecule has 24 heavy (non-hydrogen) atoms. The van der Waals surface area contributed by atoms with Crippen LogP contribution in [-0.2, 0) is 4.74 Å². The average Bonchev–Trinajstić information content (AvgIpc) is 2.47. The van der Waals surface area contributed by atoms with Crippen LogP contribution in [0.25, 0.3) is 4.85 Å². The lowest BCUT2D eigenvalue weighted by molar-refractivity contribution is 0.0527. The van der Waals surface area contributed by atoms with Crippen molar-refractivity contribution in [3.63, 3.8) is 0 Å². The first-order chi connectivity index (χ1) is 11.2. The summed E-state index contributed by atoms with van der Waals surface area (Å²) in [5.41, 5.74) is 2.19. The van der Waals surface area contributed by atoms with Crippen molar-refractivity contribution >= 4 is 33.4 Å². The molecule has 0 atom stereocenters. The molecule has 0 aromatic heterocycles. The standard InChI is InChI=1S/C18H26BrN3O2/c1-13-11-16(14(19)12-15(13)20-5)21-9-7-6-8-10-22-17(23)24-18(2,3)4/h11-12,21H,6-10H2,1-4H3,(H,22,23). The van der Waals surface area contributed by atoms with Crippen molar-refractivity contribution in [2.24, 2.45) is 0 Å². The maximum Gasteiger partial charge on any atom is 0.407 e. The predicted molar refractivity (Wildman–Crippen MR) is 102 cm³/mol. The highest BCUT2D eigenvalue weighted by molar-refractivity contribution is 9.10. The zero-order valence-corrected chi connectivity index (χ0v) is 16.4. The Balaban J connectivity index is 2.20. The third kappa shape index (κ3) is 7.69. The van der Waals surface area contributed by atoms with Crippen molar-refractivity contribution in [3.8, 4) is 0 Å². The predicted octanol–water partition coefficient (Wildman–Crippen LogP) is 5.42. The van der Waals surface area contributed by atoms with Crippen LogP contribution in [0.3, 0.4) is 0 Å². The molecule has 0 saturated carbocycles. The number of alkyl carbamates (subject to hydrolysis) is 1. The van der Waals surface area contributed by atoms with Gasteiger partial charge in [0.25, 0.3) is 0 Å². The van der Waals surface area contributed by atoms with Crippen molar-refractivity contribution in [2.45, 2.75) is 52.6 Å². The summed E-state index contributed by atoms with van der Waals surface area (Å²) >= 11 is 3.49. The molecule has 132 valence electrons. The minimum absolute atomic E-state index is 0.361. The summed E-state index contributed by atoms with van der Waals surface area (Å²) in [5, 5.41) is 6.13. The van der Waals surface area contributed by atoms with Crippen molar-refractivity contribution in [1.82, 2.24) is 5.32 Å². The summed E-state index contributed by atoms with van der Waals surface area (Å²) in [6.07, 6.45) is 2.57. The van der Waals surface area contributed by atoms with E-state index in [1.54, 1.807) is 0 Å². The number of halogens is 1. The Morgan fingerprint density at radius 3 is 2.54 bits per heavy atom. The van der Waals surface area contributed by atoms with E-state index in [9.17, 15) is 4.79 Å². The molecule has 0 spiro atoms. The second kappa shape index (κ2) is 9.53. The van der Waals surface area contributed by atoms with Crippen LogP contribution in [0, 0.1) is 13.5 Å². The van der Waals surface area contributed by atoms with E-state index in [2.05, 4.69) is 31.4 Å². The summed E-state index contributed by atoms with van der Waals surface area (Å²) in [7, 11) is 0. The van der Waals surface area contributed by atoms with Gasteiger partial charge in [-0.3, -0.25) is 0 Å². The topological polar surface area (TPSA) is 54.7 Å². The fraction of sp³-hybridized carbons (Fsp3) is 0.556. The van der Waals surface area contributed by atoms with Crippen LogP contribution >= 0.6 is 15.9 Å². The highest BCUT2D eigenvalue weighted by Crippen LogP contribution is 2.31. The Hall–Kier alpha value is -1.74. The molecule has 2 N–H and O–H groups in total. The van der Waals surface area contributed by atoms with Gasteiger partial charge in [0, 0.05) is 23.2 Å².